The standard InChI is InChI=1S/C19H17ClSi.2ClH.Ti/c1-21(20)19-17-10-5-4-9-15(17)16-12-6-11-14(18(16)19)13-7-2-3-8-13;;;/h2-7,9-12,19,21H,8H2,1H3;2*1H;/q;;;+2/p-2. The number of benzene rings is 2. The van der Waals surface area contributed by atoms with Gasteiger partial charge in [-0.15, -0.1) is 0 Å². The van der Waals surface area contributed by atoms with Gasteiger partial charge in [0, 0.05) is 5.54 Å². The minimum Gasteiger partial charge on any atom is -1.00 e. The summed E-state index contributed by atoms with van der Waals surface area (Å²) in [6.45, 7) is 2.25. The van der Waals surface area contributed by atoms with Gasteiger partial charge in [-0.2, -0.15) is 11.1 Å². The fraction of sp³-hybridized carbons (Fsp3) is 0.158. The third kappa shape index (κ3) is 3.49. The monoisotopic (exact) mass is 426 g/mol. The summed E-state index contributed by atoms with van der Waals surface area (Å²) in [5.41, 5.74) is 8.93. The Labute approximate surface area is 177 Å². The van der Waals surface area contributed by atoms with Gasteiger partial charge in [0.05, 0.1) is 0 Å². The van der Waals surface area contributed by atoms with Gasteiger partial charge >= 0.3 is 21.7 Å². The van der Waals surface area contributed by atoms with E-state index in [0.717, 1.165) is 6.42 Å². The zero-order valence-corrected chi connectivity index (χ0v) is 18.3. The fourth-order valence-electron chi connectivity index (χ4n) is 3.71. The van der Waals surface area contributed by atoms with Gasteiger partial charge in [0.2, 0.25) is 0 Å². The third-order valence-corrected chi connectivity index (χ3v) is 6.95. The smallest absolute Gasteiger partial charge is 1.00 e. The van der Waals surface area contributed by atoms with Crippen LogP contribution >= 0.6 is 11.1 Å². The summed E-state index contributed by atoms with van der Waals surface area (Å²) in [5, 5.41) is 0. The largest absolute Gasteiger partial charge is 2.00 e. The Balaban J connectivity index is 0.000000960. The number of fused-ring (bicyclic) bond motifs is 3. The van der Waals surface area contributed by atoms with Gasteiger partial charge in [0.25, 0.3) is 0 Å². The summed E-state index contributed by atoms with van der Waals surface area (Å²) in [6.07, 6.45) is 7.68. The van der Waals surface area contributed by atoms with Crippen LogP contribution in [0, 0.1) is 0 Å². The third-order valence-electron chi connectivity index (χ3n) is 4.58. The van der Waals surface area contributed by atoms with Crippen molar-refractivity contribution in [2.45, 2.75) is 18.5 Å². The van der Waals surface area contributed by atoms with E-state index in [9.17, 15) is 0 Å². The molecule has 0 saturated carbocycles. The first kappa shape index (κ1) is 21.8. The molecule has 5 heteroatoms. The molecule has 24 heavy (non-hydrogen) atoms. The Hall–Kier alpha value is -0.279. The molecular weight excluding hydrogens is 411 g/mol. The van der Waals surface area contributed by atoms with E-state index in [1.165, 1.54) is 33.4 Å². The summed E-state index contributed by atoms with van der Waals surface area (Å²) in [5.74, 6) is 0. The van der Waals surface area contributed by atoms with Crippen molar-refractivity contribution in [2.24, 2.45) is 0 Å². The van der Waals surface area contributed by atoms with E-state index in [4.69, 9.17) is 11.1 Å². The molecule has 0 aliphatic heterocycles. The van der Waals surface area contributed by atoms with Gasteiger partial charge in [-0.05, 0) is 39.8 Å². The van der Waals surface area contributed by atoms with Gasteiger partial charge in [-0.25, -0.2) is 0 Å². The molecule has 2 atom stereocenters. The molecule has 0 heterocycles. The predicted molar refractivity (Wildman–Crippen MR) is 94.3 cm³/mol. The molecule has 0 radical (unpaired) electrons. The normalized spacial score (nSPS) is 17.6. The van der Waals surface area contributed by atoms with Crippen LogP contribution in [0.1, 0.15) is 28.7 Å². The minimum atomic E-state index is -1.34. The van der Waals surface area contributed by atoms with Crippen LogP contribution in [0.25, 0.3) is 16.7 Å². The molecule has 0 amide bonds. The van der Waals surface area contributed by atoms with Crippen LogP contribution in [0.5, 0.6) is 0 Å². The summed E-state index contributed by atoms with van der Waals surface area (Å²) < 4.78 is 0. The van der Waals surface area contributed by atoms with Gasteiger partial charge < -0.3 is 24.8 Å². The van der Waals surface area contributed by atoms with E-state index in [1.54, 1.807) is 0 Å². The Morgan fingerprint density at radius 1 is 0.958 bits per heavy atom. The van der Waals surface area contributed by atoms with Crippen molar-refractivity contribution in [1.29, 1.82) is 0 Å². The molecule has 2 aliphatic carbocycles. The van der Waals surface area contributed by atoms with Crippen LogP contribution in [0.2, 0.25) is 6.55 Å². The van der Waals surface area contributed by atoms with Crippen LogP contribution in [-0.2, 0) is 21.7 Å². The molecule has 2 unspecified atom stereocenters. The number of hydrogen-bond donors (Lipinski definition) is 0. The second-order valence-electron chi connectivity index (χ2n) is 5.83. The summed E-state index contributed by atoms with van der Waals surface area (Å²) in [7, 11) is -1.34. The molecule has 0 saturated heterocycles. The Morgan fingerprint density at radius 2 is 1.62 bits per heavy atom. The van der Waals surface area contributed by atoms with Crippen LogP contribution in [-0.4, -0.2) is 8.11 Å². The van der Waals surface area contributed by atoms with Crippen LogP contribution in [0.15, 0.2) is 60.7 Å². The molecule has 122 valence electrons. The summed E-state index contributed by atoms with van der Waals surface area (Å²) >= 11 is 6.72. The summed E-state index contributed by atoms with van der Waals surface area (Å²) in [6, 6.07) is 15.5. The first-order valence-corrected chi connectivity index (χ1v) is 11.1. The van der Waals surface area contributed by atoms with E-state index in [2.05, 4.69) is 67.2 Å². The van der Waals surface area contributed by atoms with E-state index in [-0.39, 0.29) is 46.5 Å². The van der Waals surface area contributed by atoms with Crippen molar-refractivity contribution in [3.05, 3.63) is 77.4 Å². The Bertz CT molecular complexity index is 784. The van der Waals surface area contributed by atoms with Crippen molar-refractivity contribution in [2.75, 3.05) is 0 Å². The number of allylic oxidation sites excluding steroid dienone is 4. The van der Waals surface area contributed by atoms with Crippen molar-refractivity contribution in [3.63, 3.8) is 0 Å². The maximum absolute atomic E-state index is 6.72. The first-order chi connectivity index (χ1) is 10.3. The zero-order chi connectivity index (χ0) is 14.4. The van der Waals surface area contributed by atoms with Crippen LogP contribution in [0.4, 0.5) is 0 Å². The molecule has 2 aromatic carbocycles. The number of halogens is 3. The minimum absolute atomic E-state index is 0. The molecule has 0 aromatic heterocycles. The fourth-order valence-corrected chi connectivity index (χ4v) is 6.10. The number of hydrogen-bond acceptors (Lipinski definition) is 0. The second kappa shape index (κ2) is 8.89. The van der Waals surface area contributed by atoms with E-state index >= 15 is 0 Å². The maximum Gasteiger partial charge on any atom is 2.00 e. The molecule has 2 aliphatic rings. The molecule has 0 bridgehead atoms. The van der Waals surface area contributed by atoms with Gasteiger partial charge in [0.1, 0.15) is 8.11 Å². The molecule has 0 spiro atoms. The summed E-state index contributed by atoms with van der Waals surface area (Å²) in [4.78, 5) is 0. The average molecular weight is 428 g/mol. The molecule has 0 fully saturated rings. The van der Waals surface area contributed by atoms with Crippen molar-refractivity contribution in [3.8, 4) is 11.1 Å². The van der Waals surface area contributed by atoms with E-state index in [1.807, 2.05) is 0 Å². The van der Waals surface area contributed by atoms with Crippen LogP contribution < -0.4 is 24.8 Å². The molecule has 4 rings (SSSR count). The molecular formula is C19H17Cl3SiTi. The quantitative estimate of drug-likeness (QED) is 0.438. The molecule has 2 aromatic rings. The molecule has 0 N–H and O–H groups in total. The average Bonchev–Trinajstić information content (AvgIpc) is 3.12. The Morgan fingerprint density at radius 3 is 2.29 bits per heavy atom. The second-order valence-corrected chi connectivity index (χ2v) is 9.92. The van der Waals surface area contributed by atoms with Gasteiger partial charge in [0.15, 0.2) is 0 Å². The topological polar surface area (TPSA) is 0 Å². The van der Waals surface area contributed by atoms with Crippen molar-refractivity contribution >= 4 is 24.8 Å². The number of rotatable bonds is 2. The zero-order valence-electron chi connectivity index (χ0n) is 13.3. The van der Waals surface area contributed by atoms with Crippen molar-refractivity contribution < 1.29 is 46.5 Å². The van der Waals surface area contributed by atoms with E-state index in [0.29, 0.717) is 5.54 Å². The van der Waals surface area contributed by atoms with Crippen molar-refractivity contribution in [1.82, 2.24) is 0 Å². The van der Waals surface area contributed by atoms with Gasteiger partial charge in [-0.3, -0.25) is 0 Å². The van der Waals surface area contributed by atoms with E-state index < -0.39 is 8.11 Å². The van der Waals surface area contributed by atoms with Crippen LogP contribution in [0.3, 0.4) is 0 Å². The Kier molecular flexibility index (Phi) is 8.06. The SMILES string of the molecule is C[SiH](Cl)C1c2ccccc2-c2cccc(C3=CC=CC3)c21.[Cl-].[Cl-].[Ti+2]. The first-order valence-electron chi connectivity index (χ1n) is 7.49. The maximum atomic E-state index is 6.72. The van der Waals surface area contributed by atoms with Gasteiger partial charge in [-0.1, -0.05) is 67.2 Å². The molecule has 0 nitrogen and oxygen atoms in total. The predicted octanol–water partition coefficient (Wildman–Crippen LogP) is -0.721.